The van der Waals surface area contributed by atoms with Crippen LogP contribution in [0.4, 0.5) is 11.4 Å². The van der Waals surface area contributed by atoms with E-state index in [0.717, 1.165) is 17.7 Å². The van der Waals surface area contributed by atoms with Crippen molar-refractivity contribution in [2.24, 2.45) is 10.1 Å². The van der Waals surface area contributed by atoms with Gasteiger partial charge in [-0.2, -0.15) is 10.4 Å². The van der Waals surface area contributed by atoms with Crippen LogP contribution in [0.1, 0.15) is 23.6 Å². The molecule has 0 fully saturated rings. The number of nitrogens with one attached hydrogen (secondary N) is 1. The van der Waals surface area contributed by atoms with Gasteiger partial charge in [0.2, 0.25) is 5.91 Å². The topological polar surface area (TPSA) is 80.8 Å². The van der Waals surface area contributed by atoms with Crippen molar-refractivity contribution in [3.8, 4) is 6.07 Å². The van der Waals surface area contributed by atoms with Crippen LogP contribution in [0.25, 0.3) is 0 Å². The van der Waals surface area contributed by atoms with Gasteiger partial charge in [-0.1, -0.05) is 42.1 Å². The lowest BCUT2D eigenvalue weighted by molar-refractivity contribution is -0.113. The second kappa shape index (κ2) is 7.02. The van der Waals surface area contributed by atoms with Gasteiger partial charge in [-0.25, -0.2) is 10.0 Å². The summed E-state index contributed by atoms with van der Waals surface area (Å²) in [5.41, 5.74) is 3.05. The Balaban J connectivity index is 1.47. The molecule has 0 aromatic heterocycles. The van der Waals surface area contributed by atoms with E-state index in [1.807, 2.05) is 29.4 Å². The van der Waals surface area contributed by atoms with E-state index in [2.05, 4.69) is 27.5 Å². The number of amides is 1. The van der Waals surface area contributed by atoms with Gasteiger partial charge in [-0.3, -0.25) is 4.79 Å². The Morgan fingerprint density at radius 1 is 1.27 bits per heavy atom. The number of aliphatic imine (C=N–C) groups is 1. The van der Waals surface area contributed by atoms with Crippen LogP contribution in [-0.4, -0.2) is 28.1 Å². The number of fused-ring (bicyclic) bond motifs is 3. The first kappa shape index (κ1) is 16.4. The number of carbonyl (C=O) groups is 1. The van der Waals surface area contributed by atoms with Gasteiger partial charge in [0.05, 0.1) is 28.7 Å². The number of amidine groups is 1. The Labute approximate surface area is 155 Å². The first-order chi connectivity index (χ1) is 12.8. The number of hydrogen-bond donors (Lipinski definition) is 1. The molecule has 128 valence electrons. The van der Waals surface area contributed by atoms with E-state index < -0.39 is 0 Å². The normalized spacial score (nSPS) is 17.1. The predicted octanol–water partition coefficient (Wildman–Crippen LogP) is 3.66. The smallest absolute Gasteiger partial charge is 0.234 e. The molecule has 2 aromatic carbocycles. The minimum atomic E-state index is -0.181. The number of anilines is 1. The Hall–Kier alpha value is -3.11. The monoisotopic (exact) mass is 361 g/mol. The van der Waals surface area contributed by atoms with Crippen LogP contribution in [0.2, 0.25) is 0 Å². The number of thioether (sulfide) groups is 1. The largest absolute Gasteiger partial charge is 0.324 e. The zero-order valence-corrected chi connectivity index (χ0v) is 14.6. The lowest BCUT2D eigenvalue weighted by Crippen LogP contribution is -2.29. The molecule has 6 nitrogen and oxygen atoms in total. The van der Waals surface area contributed by atoms with E-state index in [1.54, 1.807) is 24.3 Å². The highest BCUT2D eigenvalue weighted by Gasteiger charge is 2.32. The third kappa shape index (κ3) is 3.07. The Bertz CT molecular complexity index is 962. The minimum absolute atomic E-state index is 0.147. The van der Waals surface area contributed by atoms with Crippen molar-refractivity contribution >= 4 is 40.4 Å². The average Bonchev–Trinajstić information content (AvgIpc) is 3.17. The van der Waals surface area contributed by atoms with E-state index in [1.165, 1.54) is 11.8 Å². The summed E-state index contributed by atoms with van der Waals surface area (Å²) in [6, 6.07) is 17.2. The molecule has 7 heteroatoms. The Morgan fingerprint density at radius 3 is 2.96 bits per heavy atom. The molecule has 2 aliphatic rings. The van der Waals surface area contributed by atoms with E-state index >= 15 is 0 Å². The third-order valence-corrected chi connectivity index (χ3v) is 5.13. The van der Waals surface area contributed by atoms with E-state index in [0.29, 0.717) is 16.4 Å². The van der Waals surface area contributed by atoms with Crippen molar-refractivity contribution in [2.45, 2.75) is 12.5 Å². The van der Waals surface area contributed by atoms with Crippen LogP contribution in [0, 0.1) is 11.3 Å². The lowest BCUT2D eigenvalue weighted by Gasteiger charge is -2.29. The SMILES string of the molecule is N#Cc1ccccc1NC(=O)CSC1=Nc2ccccc2[C@H]2CC=NN12. The summed E-state index contributed by atoms with van der Waals surface area (Å²) in [4.78, 5) is 17.0. The molecule has 2 aromatic rings. The van der Waals surface area contributed by atoms with Crippen LogP contribution in [0.3, 0.4) is 0 Å². The summed E-state index contributed by atoms with van der Waals surface area (Å²) in [5.74, 6) is 0.0125. The molecule has 4 rings (SSSR count). The van der Waals surface area contributed by atoms with Gasteiger partial charge in [0, 0.05) is 18.2 Å². The second-order valence-corrected chi connectivity index (χ2v) is 6.78. The molecule has 1 N–H and O–H groups in total. The number of rotatable bonds is 3. The molecule has 1 amide bonds. The molecule has 0 saturated heterocycles. The quantitative estimate of drug-likeness (QED) is 0.904. The summed E-state index contributed by atoms with van der Waals surface area (Å²) in [5, 5.41) is 18.9. The van der Waals surface area contributed by atoms with Crippen molar-refractivity contribution in [3.05, 3.63) is 59.7 Å². The molecule has 0 saturated carbocycles. The van der Waals surface area contributed by atoms with E-state index in [-0.39, 0.29) is 17.7 Å². The fraction of sp³-hybridized carbons (Fsp3) is 0.158. The van der Waals surface area contributed by atoms with Crippen molar-refractivity contribution in [1.29, 1.82) is 5.26 Å². The summed E-state index contributed by atoms with van der Waals surface area (Å²) in [6.45, 7) is 0. The maximum atomic E-state index is 12.3. The van der Waals surface area contributed by atoms with Crippen molar-refractivity contribution in [1.82, 2.24) is 5.01 Å². The van der Waals surface area contributed by atoms with Gasteiger partial charge < -0.3 is 5.32 Å². The van der Waals surface area contributed by atoms with Gasteiger partial charge in [0.15, 0.2) is 5.17 Å². The molecular weight excluding hydrogens is 346 g/mol. The molecular formula is C19H15N5OS. The maximum Gasteiger partial charge on any atom is 0.234 e. The molecule has 2 aliphatic heterocycles. The predicted molar refractivity (Wildman–Crippen MR) is 103 cm³/mol. The zero-order valence-electron chi connectivity index (χ0n) is 13.8. The number of nitrogens with zero attached hydrogens (tertiary/aromatic N) is 4. The number of hydrazone groups is 1. The second-order valence-electron chi connectivity index (χ2n) is 5.84. The highest BCUT2D eigenvalue weighted by Crippen LogP contribution is 2.40. The number of hydrogen-bond acceptors (Lipinski definition) is 6. The van der Waals surface area contributed by atoms with Gasteiger partial charge in [0.1, 0.15) is 6.07 Å². The van der Waals surface area contributed by atoms with E-state index in [9.17, 15) is 4.79 Å². The first-order valence-corrected chi connectivity index (χ1v) is 9.16. The number of benzene rings is 2. The molecule has 0 unspecified atom stereocenters. The Morgan fingerprint density at radius 2 is 2.08 bits per heavy atom. The molecule has 26 heavy (non-hydrogen) atoms. The van der Waals surface area contributed by atoms with Crippen molar-refractivity contribution in [3.63, 3.8) is 0 Å². The Kier molecular flexibility index (Phi) is 4.42. The summed E-state index contributed by atoms with van der Waals surface area (Å²) in [6.07, 6.45) is 2.71. The van der Waals surface area contributed by atoms with Crippen LogP contribution >= 0.6 is 11.8 Å². The standard InChI is InChI=1S/C19H15N5OS/c20-11-13-5-1-3-7-15(13)22-18(25)12-26-19-23-16-8-4-2-6-14(16)17-9-10-21-24(17)19/h1-8,10,17H,9,12H2,(H,22,25)/t17-/m1/s1. The molecule has 0 bridgehead atoms. The molecule has 0 aliphatic carbocycles. The van der Waals surface area contributed by atoms with Gasteiger partial charge >= 0.3 is 0 Å². The highest BCUT2D eigenvalue weighted by atomic mass is 32.2. The molecule has 0 radical (unpaired) electrons. The number of nitriles is 1. The number of carbonyl (C=O) groups excluding carboxylic acids is 1. The average molecular weight is 361 g/mol. The van der Waals surface area contributed by atoms with Gasteiger partial charge in [0.25, 0.3) is 0 Å². The fourth-order valence-corrected chi connectivity index (χ4v) is 3.79. The minimum Gasteiger partial charge on any atom is -0.324 e. The van der Waals surface area contributed by atoms with Gasteiger partial charge in [-0.15, -0.1) is 0 Å². The lowest BCUT2D eigenvalue weighted by atomic mass is 10.0. The van der Waals surface area contributed by atoms with Crippen LogP contribution in [0.15, 0.2) is 58.6 Å². The first-order valence-electron chi connectivity index (χ1n) is 8.17. The molecule has 2 heterocycles. The number of para-hydroxylation sites is 2. The van der Waals surface area contributed by atoms with Gasteiger partial charge in [-0.05, 0) is 18.2 Å². The van der Waals surface area contributed by atoms with E-state index in [4.69, 9.17) is 5.26 Å². The summed E-state index contributed by atoms with van der Waals surface area (Å²) < 4.78 is 0. The highest BCUT2D eigenvalue weighted by molar-refractivity contribution is 8.14. The summed E-state index contributed by atoms with van der Waals surface area (Å²) in [7, 11) is 0. The summed E-state index contributed by atoms with van der Waals surface area (Å²) >= 11 is 1.35. The van der Waals surface area contributed by atoms with Crippen LogP contribution in [-0.2, 0) is 4.79 Å². The van der Waals surface area contributed by atoms with Crippen molar-refractivity contribution in [2.75, 3.05) is 11.1 Å². The molecule has 0 spiro atoms. The van der Waals surface area contributed by atoms with Crippen molar-refractivity contribution < 1.29 is 4.79 Å². The fourth-order valence-electron chi connectivity index (χ4n) is 2.99. The third-order valence-electron chi connectivity index (χ3n) is 4.19. The van der Waals surface area contributed by atoms with Crippen LogP contribution in [0.5, 0.6) is 0 Å². The maximum absolute atomic E-state index is 12.3. The van der Waals surface area contributed by atoms with Crippen LogP contribution < -0.4 is 5.32 Å². The zero-order chi connectivity index (χ0) is 17.9. The molecule has 1 atom stereocenters.